The molecule has 0 atom stereocenters. The van der Waals surface area contributed by atoms with Gasteiger partial charge in [-0.25, -0.2) is 0 Å². The Labute approximate surface area is 182 Å². The molecule has 2 heterocycles. The van der Waals surface area contributed by atoms with Crippen molar-refractivity contribution in [2.24, 2.45) is 0 Å². The molecule has 1 aliphatic heterocycles. The highest BCUT2D eigenvalue weighted by Crippen LogP contribution is 2.35. The van der Waals surface area contributed by atoms with Gasteiger partial charge < -0.3 is 5.32 Å². The second-order valence-corrected chi connectivity index (χ2v) is 7.75. The van der Waals surface area contributed by atoms with E-state index >= 15 is 0 Å². The summed E-state index contributed by atoms with van der Waals surface area (Å²) in [6.07, 6.45) is 3.52. The molecule has 5 rings (SSSR count). The fourth-order valence-corrected chi connectivity index (χ4v) is 4.31. The van der Waals surface area contributed by atoms with Gasteiger partial charge in [-0.2, -0.15) is 0 Å². The van der Waals surface area contributed by atoms with Crippen LogP contribution in [0.2, 0.25) is 10.0 Å². The van der Waals surface area contributed by atoms with Gasteiger partial charge in [0.15, 0.2) is 0 Å². The van der Waals surface area contributed by atoms with Crippen LogP contribution in [-0.4, -0.2) is 16.4 Å². The van der Waals surface area contributed by atoms with E-state index in [0.29, 0.717) is 11.1 Å². The lowest BCUT2D eigenvalue weighted by atomic mass is 10.0. The van der Waals surface area contributed by atoms with Crippen LogP contribution in [0.1, 0.15) is 21.5 Å². The van der Waals surface area contributed by atoms with Gasteiger partial charge in [0, 0.05) is 34.0 Å². The predicted molar refractivity (Wildman–Crippen MR) is 121 cm³/mol. The number of carbonyl (C=O) groups excluding carboxylic acids is 2. The van der Waals surface area contributed by atoms with E-state index in [2.05, 4.69) is 5.32 Å². The summed E-state index contributed by atoms with van der Waals surface area (Å²) < 4.78 is 1.52. The molecular formula is C24H14Cl2N2O2. The molecule has 0 saturated heterocycles. The maximum Gasteiger partial charge on any atom is 0.265 e. The zero-order chi connectivity index (χ0) is 20.8. The monoisotopic (exact) mass is 432 g/mol. The van der Waals surface area contributed by atoms with Crippen molar-refractivity contribution in [1.82, 2.24) is 4.57 Å². The number of rotatable bonds is 2. The Morgan fingerprint density at radius 2 is 1.60 bits per heavy atom. The molecule has 1 N–H and O–H groups in total. The molecule has 4 aromatic rings. The molecule has 4 nitrogen and oxygen atoms in total. The van der Waals surface area contributed by atoms with E-state index in [1.165, 1.54) is 4.57 Å². The molecular weight excluding hydrogens is 419 g/mol. The molecule has 0 radical (unpaired) electrons. The summed E-state index contributed by atoms with van der Waals surface area (Å²) in [7, 11) is 0. The lowest BCUT2D eigenvalue weighted by Gasteiger charge is -2.07. The van der Waals surface area contributed by atoms with Crippen LogP contribution in [0.25, 0.3) is 22.6 Å². The predicted octanol–water partition coefficient (Wildman–Crippen LogP) is 6.13. The third-order valence-electron chi connectivity index (χ3n) is 5.15. The van der Waals surface area contributed by atoms with Crippen molar-refractivity contribution in [2.75, 3.05) is 5.32 Å². The van der Waals surface area contributed by atoms with Crippen molar-refractivity contribution in [1.29, 1.82) is 0 Å². The number of nitrogens with one attached hydrogen (secondary N) is 1. The van der Waals surface area contributed by atoms with E-state index < -0.39 is 0 Å². The van der Waals surface area contributed by atoms with Crippen molar-refractivity contribution in [3.63, 3.8) is 0 Å². The van der Waals surface area contributed by atoms with Crippen molar-refractivity contribution in [2.45, 2.75) is 0 Å². The first-order valence-electron chi connectivity index (χ1n) is 9.26. The third-order valence-corrected chi connectivity index (χ3v) is 5.78. The van der Waals surface area contributed by atoms with Gasteiger partial charge in [-0.15, -0.1) is 0 Å². The number of carbonyl (C=O) groups is 2. The molecule has 146 valence electrons. The maximum absolute atomic E-state index is 13.3. The van der Waals surface area contributed by atoms with Crippen molar-refractivity contribution >= 4 is 63.3 Å². The highest BCUT2D eigenvalue weighted by atomic mass is 35.5. The van der Waals surface area contributed by atoms with Gasteiger partial charge in [0.2, 0.25) is 0 Å². The molecule has 1 aliphatic rings. The number of nitrogens with zero attached hydrogens (tertiary/aromatic N) is 1. The van der Waals surface area contributed by atoms with Crippen LogP contribution < -0.4 is 5.32 Å². The number of aromatic nitrogens is 1. The van der Waals surface area contributed by atoms with E-state index in [-0.39, 0.29) is 27.4 Å². The van der Waals surface area contributed by atoms with Crippen LogP contribution in [0.3, 0.4) is 0 Å². The van der Waals surface area contributed by atoms with Gasteiger partial charge in [-0.3, -0.25) is 14.2 Å². The summed E-state index contributed by atoms with van der Waals surface area (Å²) in [6.45, 7) is 0. The molecule has 0 bridgehead atoms. The highest BCUT2D eigenvalue weighted by Gasteiger charge is 2.25. The molecule has 1 aromatic heterocycles. The first kappa shape index (κ1) is 18.7. The summed E-state index contributed by atoms with van der Waals surface area (Å²) in [6, 6.07) is 20.0. The van der Waals surface area contributed by atoms with Crippen molar-refractivity contribution in [3.05, 3.63) is 99.7 Å². The van der Waals surface area contributed by atoms with Crippen LogP contribution >= 0.6 is 23.2 Å². The lowest BCUT2D eigenvalue weighted by molar-refractivity contribution is -0.110. The second-order valence-electron chi connectivity index (χ2n) is 6.93. The van der Waals surface area contributed by atoms with Crippen LogP contribution in [0, 0.1) is 0 Å². The summed E-state index contributed by atoms with van der Waals surface area (Å²) in [5.41, 5.74) is 3.86. The first-order chi connectivity index (χ1) is 14.5. The summed E-state index contributed by atoms with van der Waals surface area (Å²) >= 11 is 12.5. The molecule has 30 heavy (non-hydrogen) atoms. The number of amides is 1. The molecule has 0 saturated carbocycles. The summed E-state index contributed by atoms with van der Waals surface area (Å²) in [5.74, 6) is -0.503. The van der Waals surface area contributed by atoms with Gasteiger partial charge >= 0.3 is 0 Å². The number of anilines is 1. The fraction of sp³-hybridized carbons (Fsp3) is 0. The molecule has 0 spiro atoms. The van der Waals surface area contributed by atoms with Crippen LogP contribution in [0.5, 0.6) is 0 Å². The smallest absolute Gasteiger partial charge is 0.265 e. The second kappa shape index (κ2) is 7.17. The van der Waals surface area contributed by atoms with Gasteiger partial charge in [0.05, 0.1) is 21.1 Å². The fourth-order valence-electron chi connectivity index (χ4n) is 3.75. The minimum absolute atomic E-state index is 0.173. The average molecular weight is 433 g/mol. The Kier molecular flexibility index (Phi) is 4.46. The lowest BCUT2D eigenvalue weighted by Crippen LogP contribution is -2.12. The molecule has 1 amide bonds. The Balaban J connectivity index is 1.70. The summed E-state index contributed by atoms with van der Waals surface area (Å²) in [5, 5.41) is 4.29. The van der Waals surface area contributed by atoms with E-state index in [0.717, 1.165) is 22.2 Å². The van der Waals surface area contributed by atoms with Gasteiger partial charge in [-0.05, 0) is 30.3 Å². The topological polar surface area (TPSA) is 51.1 Å². The third kappa shape index (κ3) is 2.93. The molecule has 0 unspecified atom stereocenters. The first-order valence-corrected chi connectivity index (χ1v) is 10.0. The summed E-state index contributed by atoms with van der Waals surface area (Å²) in [4.78, 5) is 25.8. The largest absolute Gasteiger partial charge is 0.321 e. The standard InChI is InChI=1S/C24H14Cl2N2O2/c25-18-8-5-9-19(26)22(18)24(30)28-13-14(15-6-2-4-11-21(15)28)12-17-16-7-1-3-10-20(16)27-23(17)29/h1-13H,(H,27,29)/b17-12-. The van der Waals surface area contributed by atoms with Gasteiger partial charge in [0.25, 0.3) is 11.8 Å². The van der Waals surface area contributed by atoms with Gasteiger partial charge in [-0.1, -0.05) is 65.7 Å². The Bertz CT molecular complexity index is 1360. The average Bonchev–Trinajstić information content (AvgIpc) is 3.26. The zero-order valence-electron chi connectivity index (χ0n) is 15.5. The SMILES string of the molecule is O=C1Nc2ccccc2/C1=C/c1cn(C(=O)c2c(Cl)cccc2Cl)c2ccccc12. The van der Waals surface area contributed by atoms with E-state index in [9.17, 15) is 9.59 Å². The number of hydrogen-bond acceptors (Lipinski definition) is 2. The van der Waals surface area contributed by atoms with Crippen LogP contribution in [0.4, 0.5) is 5.69 Å². The number of para-hydroxylation sites is 2. The Hall–Kier alpha value is -3.34. The van der Waals surface area contributed by atoms with Crippen molar-refractivity contribution < 1.29 is 9.59 Å². The normalized spacial score (nSPS) is 14.2. The van der Waals surface area contributed by atoms with E-state index in [1.54, 1.807) is 24.4 Å². The maximum atomic E-state index is 13.3. The van der Waals surface area contributed by atoms with E-state index in [1.807, 2.05) is 54.6 Å². The zero-order valence-corrected chi connectivity index (χ0v) is 17.0. The van der Waals surface area contributed by atoms with Gasteiger partial charge in [0.1, 0.15) is 0 Å². The quantitative estimate of drug-likeness (QED) is 0.387. The molecule has 0 aliphatic carbocycles. The van der Waals surface area contributed by atoms with Crippen LogP contribution in [0.15, 0.2) is 72.9 Å². The Morgan fingerprint density at radius 3 is 2.40 bits per heavy atom. The number of benzene rings is 3. The molecule has 3 aromatic carbocycles. The van der Waals surface area contributed by atoms with Crippen molar-refractivity contribution in [3.8, 4) is 0 Å². The van der Waals surface area contributed by atoms with E-state index in [4.69, 9.17) is 23.2 Å². The molecule has 6 heteroatoms. The number of fused-ring (bicyclic) bond motifs is 2. The minimum Gasteiger partial charge on any atom is -0.321 e. The number of hydrogen-bond donors (Lipinski definition) is 1. The molecule has 0 fully saturated rings. The highest BCUT2D eigenvalue weighted by molar-refractivity contribution is 6.40. The Morgan fingerprint density at radius 1 is 0.900 bits per heavy atom. The van der Waals surface area contributed by atoms with Crippen LogP contribution in [-0.2, 0) is 4.79 Å². The minimum atomic E-state index is -0.331. The number of halogens is 2.